The average Bonchev–Trinajstić information content (AvgIpc) is 2.99. The van der Waals surface area contributed by atoms with Crippen molar-refractivity contribution in [1.82, 2.24) is 9.88 Å². The highest BCUT2D eigenvalue weighted by atomic mass is 16.5. The van der Waals surface area contributed by atoms with Crippen LogP contribution in [0.3, 0.4) is 0 Å². The van der Waals surface area contributed by atoms with Gasteiger partial charge in [-0.3, -0.25) is 14.6 Å². The third-order valence-corrected chi connectivity index (χ3v) is 5.05. The van der Waals surface area contributed by atoms with Gasteiger partial charge in [0, 0.05) is 30.9 Å². The minimum atomic E-state index is -0.729. The second-order valence-electron chi connectivity index (χ2n) is 7.52. The topological polar surface area (TPSA) is 87.0 Å². The van der Waals surface area contributed by atoms with Gasteiger partial charge in [-0.25, -0.2) is 0 Å². The first kappa shape index (κ1) is 21.5. The highest BCUT2D eigenvalue weighted by molar-refractivity contribution is 6.46. The largest absolute Gasteiger partial charge is 0.872 e. The van der Waals surface area contributed by atoms with Crippen LogP contribution in [0.1, 0.15) is 30.5 Å². The monoisotopic (exact) mass is 409 g/mol. The van der Waals surface area contributed by atoms with Crippen molar-refractivity contribution in [3.63, 3.8) is 0 Å². The molecule has 1 atom stereocenters. The van der Waals surface area contributed by atoms with Gasteiger partial charge in [0.15, 0.2) is 0 Å². The summed E-state index contributed by atoms with van der Waals surface area (Å²) in [6, 6.07) is 9.61. The van der Waals surface area contributed by atoms with Crippen LogP contribution >= 0.6 is 0 Å². The van der Waals surface area contributed by atoms with Crippen LogP contribution in [0, 0.1) is 0 Å². The van der Waals surface area contributed by atoms with E-state index in [0.29, 0.717) is 30.0 Å². The van der Waals surface area contributed by atoms with Crippen LogP contribution in [-0.2, 0) is 9.59 Å². The summed E-state index contributed by atoms with van der Waals surface area (Å²) in [6.07, 6.45) is 3.72. The Balaban J connectivity index is 2.05. The molecule has 1 N–H and O–H groups in total. The van der Waals surface area contributed by atoms with Crippen LogP contribution in [-0.4, -0.2) is 55.4 Å². The Bertz CT molecular complexity index is 923. The van der Waals surface area contributed by atoms with Crippen LogP contribution in [0.2, 0.25) is 0 Å². The molecule has 7 heteroatoms. The van der Waals surface area contributed by atoms with E-state index in [1.807, 2.05) is 33.2 Å². The molecule has 30 heavy (non-hydrogen) atoms. The van der Waals surface area contributed by atoms with Crippen LogP contribution in [0.25, 0.3) is 5.76 Å². The zero-order chi connectivity index (χ0) is 21.7. The Morgan fingerprint density at radius 1 is 1.13 bits per heavy atom. The van der Waals surface area contributed by atoms with Crippen molar-refractivity contribution in [2.75, 3.05) is 33.8 Å². The van der Waals surface area contributed by atoms with Gasteiger partial charge in [0.25, 0.3) is 5.91 Å². The minimum absolute atomic E-state index is 0.00689. The number of carbonyl (C=O) groups excluding carboxylic acids is 2. The number of benzene rings is 1. The molecule has 1 aliphatic heterocycles. The summed E-state index contributed by atoms with van der Waals surface area (Å²) in [5.74, 6) is -1.09. The van der Waals surface area contributed by atoms with E-state index in [2.05, 4.69) is 4.98 Å². The number of nitrogens with one attached hydrogen (secondary N) is 1. The van der Waals surface area contributed by atoms with Crippen LogP contribution in [0.4, 0.5) is 0 Å². The predicted octanol–water partition coefficient (Wildman–Crippen LogP) is 0.239. The van der Waals surface area contributed by atoms with E-state index in [1.54, 1.807) is 24.3 Å². The fraction of sp³-hybridized carbons (Fsp3) is 0.348. The van der Waals surface area contributed by atoms with Crippen molar-refractivity contribution in [2.24, 2.45) is 0 Å². The summed E-state index contributed by atoms with van der Waals surface area (Å²) < 4.78 is 5.50. The number of ether oxygens (including phenoxy) is 1. The van der Waals surface area contributed by atoms with Gasteiger partial charge in [0.1, 0.15) is 5.75 Å². The van der Waals surface area contributed by atoms with E-state index in [4.69, 9.17) is 4.74 Å². The van der Waals surface area contributed by atoms with Crippen molar-refractivity contribution in [3.8, 4) is 5.75 Å². The Morgan fingerprint density at radius 2 is 1.80 bits per heavy atom. The summed E-state index contributed by atoms with van der Waals surface area (Å²) in [4.78, 5) is 32.4. The first-order valence-corrected chi connectivity index (χ1v) is 10.1. The summed E-state index contributed by atoms with van der Waals surface area (Å²) in [5, 5.41) is 13.2. The standard InChI is InChI=1S/C23H27N3O4/c1-4-30-18-8-6-16(7-9-18)20-19(21(27)17-10-12-24-13-11-17)22(28)23(29)26(20)15-5-14-25(2)3/h6-13,20,27H,4-5,14-15H2,1-3H3. The maximum Gasteiger partial charge on any atom is 0.295 e. The SMILES string of the molecule is CCOc1ccc(C2C(=C([O-])c3ccncc3)C(=O)C(=O)N2CCC[NH+](C)C)cc1. The Labute approximate surface area is 176 Å². The van der Waals surface area contributed by atoms with Crippen molar-refractivity contribution >= 4 is 17.4 Å². The molecule has 0 radical (unpaired) electrons. The number of pyridine rings is 1. The second-order valence-corrected chi connectivity index (χ2v) is 7.52. The quantitative estimate of drug-likeness (QED) is 0.383. The van der Waals surface area contributed by atoms with Gasteiger partial charge in [-0.05, 0) is 42.3 Å². The number of rotatable bonds is 8. The molecule has 0 bridgehead atoms. The normalized spacial score (nSPS) is 18.3. The smallest absolute Gasteiger partial charge is 0.295 e. The molecule has 1 aromatic heterocycles. The lowest BCUT2D eigenvalue weighted by Gasteiger charge is -2.27. The Morgan fingerprint density at radius 3 is 2.40 bits per heavy atom. The number of amides is 1. The molecular formula is C23H27N3O4. The summed E-state index contributed by atoms with van der Waals surface area (Å²) in [7, 11) is 4.07. The lowest BCUT2D eigenvalue weighted by atomic mass is 9.95. The number of Topliss-reactive ketones (excluding diaryl/α,β-unsaturated/α-hetero) is 1. The lowest BCUT2D eigenvalue weighted by Crippen LogP contribution is -3.05. The third kappa shape index (κ3) is 4.52. The highest BCUT2D eigenvalue weighted by Gasteiger charge is 2.43. The molecule has 1 aromatic carbocycles. The zero-order valence-corrected chi connectivity index (χ0v) is 17.6. The predicted molar refractivity (Wildman–Crippen MR) is 111 cm³/mol. The molecule has 2 heterocycles. The maximum atomic E-state index is 13.2. The fourth-order valence-corrected chi connectivity index (χ4v) is 3.62. The van der Waals surface area contributed by atoms with Crippen LogP contribution in [0.5, 0.6) is 5.75 Å². The molecule has 2 aromatic rings. The lowest BCUT2D eigenvalue weighted by molar-refractivity contribution is -0.858. The van der Waals surface area contributed by atoms with Gasteiger partial charge in [-0.2, -0.15) is 0 Å². The van der Waals surface area contributed by atoms with Crippen molar-refractivity contribution in [3.05, 3.63) is 65.5 Å². The molecule has 1 unspecified atom stereocenters. The van der Waals surface area contributed by atoms with E-state index in [1.165, 1.54) is 22.2 Å². The first-order valence-electron chi connectivity index (χ1n) is 10.1. The number of aromatic nitrogens is 1. The molecule has 1 saturated heterocycles. The number of carbonyl (C=O) groups is 2. The molecule has 1 fully saturated rings. The number of ketones is 1. The first-order chi connectivity index (χ1) is 14.4. The second kappa shape index (κ2) is 9.54. The molecule has 158 valence electrons. The molecule has 0 spiro atoms. The van der Waals surface area contributed by atoms with Gasteiger partial charge in [0.05, 0.1) is 33.3 Å². The van der Waals surface area contributed by atoms with Crippen molar-refractivity contribution < 1.29 is 24.3 Å². The van der Waals surface area contributed by atoms with E-state index < -0.39 is 23.5 Å². The van der Waals surface area contributed by atoms with Crippen LogP contribution < -0.4 is 14.7 Å². The van der Waals surface area contributed by atoms with E-state index in [-0.39, 0.29) is 5.57 Å². The number of hydrogen-bond acceptors (Lipinski definition) is 5. The van der Waals surface area contributed by atoms with Gasteiger partial charge in [-0.15, -0.1) is 0 Å². The van der Waals surface area contributed by atoms with Gasteiger partial charge >= 0.3 is 0 Å². The van der Waals surface area contributed by atoms with Crippen molar-refractivity contribution in [2.45, 2.75) is 19.4 Å². The molecular weight excluding hydrogens is 382 g/mol. The molecule has 1 aliphatic rings. The number of likely N-dealkylation sites (tertiary alicyclic amines) is 1. The van der Waals surface area contributed by atoms with Crippen molar-refractivity contribution in [1.29, 1.82) is 0 Å². The van der Waals surface area contributed by atoms with E-state index >= 15 is 0 Å². The Kier molecular flexibility index (Phi) is 6.84. The average molecular weight is 409 g/mol. The van der Waals surface area contributed by atoms with E-state index in [0.717, 1.165) is 13.0 Å². The number of quaternary nitrogens is 1. The summed E-state index contributed by atoms with van der Waals surface area (Å²) in [5.41, 5.74) is 1.05. The number of nitrogens with zero attached hydrogens (tertiary/aromatic N) is 2. The third-order valence-electron chi connectivity index (χ3n) is 5.05. The van der Waals surface area contributed by atoms with Crippen LogP contribution in [0.15, 0.2) is 54.4 Å². The van der Waals surface area contributed by atoms with E-state index in [9.17, 15) is 14.7 Å². The maximum absolute atomic E-state index is 13.2. The minimum Gasteiger partial charge on any atom is -0.872 e. The molecule has 0 aliphatic carbocycles. The van der Waals surface area contributed by atoms with Gasteiger partial charge < -0.3 is 19.6 Å². The summed E-state index contributed by atoms with van der Waals surface area (Å²) in [6.45, 7) is 3.69. The summed E-state index contributed by atoms with van der Waals surface area (Å²) >= 11 is 0. The van der Waals surface area contributed by atoms with Gasteiger partial charge in [-0.1, -0.05) is 17.9 Å². The Hall–Kier alpha value is -3.19. The molecule has 3 rings (SSSR count). The van der Waals surface area contributed by atoms with Gasteiger partial charge in [0.2, 0.25) is 5.78 Å². The fourth-order valence-electron chi connectivity index (χ4n) is 3.62. The molecule has 7 nitrogen and oxygen atoms in total. The molecule has 0 saturated carbocycles. The zero-order valence-electron chi connectivity index (χ0n) is 17.6. The number of hydrogen-bond donors (Lipinski definition) is 1. The highest BCUT2D eigenvalue weighted by Crippen LogP contribution is 2.39. The molecule has 1 amide bonds.